The lowest BCUT2D eigenvalue weighted by atomic mass is 10.0. The first-order chi connectivity index (χ1) is 16.5. The van der Waals surface area contributed by atoms with Gasteiger partial charge in [0.25, 0.3) is 5.69 Å². The SMILES string of the molecule is N#C/C(=C\Nc1ccc(Cl)cc1C(=O)c1ccccc1)c1nc(-c2ccc([N+](=O)[O-])cc2)cs1. The van der Waals surface area contributed by atoms with Crippen LogP contribution in [0.15, 0.2) is 84.4 Å². The van der Waals surface area contributed by atoms with Crippen LogP contribution in [0.4, 0.5) is 11.4 Å². The largest absolute Gasteiger partial charge is 0.360 e. The van der Waals surface area contributed by atoms with Crippen molar-refractivity contribution in [3.63, 3.8) is 0 Å². The maximum absolute atomic E-state index is 13.0. The number of nitrogens with zero attached hydrogens (tertiary/aromatic N) is 3. The van der Waals surface area contributed by atoms with Gasteiger partial charge in [-0.15, -0.1) is 11.3 Å². The van der Waals surface area contributed by atoms with Crippen LogP contribution in [-0.4, -0.2) is 15.7 Å². The number of non-ortho nitro benzene ring substituents is 1. The van der Waals surface area contributed by atoms with Crippen molar-refractivity contribution < 1.29 is 9.72 Å². The maximum Gasteiger partial charge on any atom is 0.269 e. The number of hydrogen-bond acceptors (Lipinski definition) is 7. The van der Waals surface area contributed by atoms with Gasteiger partial charge in [-0.1, -0.05) is 41.9 Å². The number of allylic oxidation sites excluding steroid dienone is 1. The molecule has 4 aromatic rings. The van der Waals surface area contributed by atoms with E-state index in [4.69, 9.17) is 11.6 Å². The lowest BCUT2D eigenvalue weighted by Gasteiger charge is -2.10. The number of ketones is 1. The molecular weight excluding hydrogens is 472 g/mol. The molecule has 1 aromatic heterocycles. The summed E-state index contributed by atoms with van der Waals surface area (Å²) < 4.78 is 0. The molecular formula is C25H15ClN4O3S. The van der Waals surface area contributed by atoms with Gasteiger partial charge in [-0.25, -0.2) is 4.98 Å². The molecule has 7 nitrogen and oxygen atoms in total. The number of thiazole rings is 1. The second kappa shape index (κ2) is 10.1. The number of carbonyl (C=O) groups is 1. The van der Waals surface area contributed by atoms with Gasteiger partial charge in [-0.3, -0.25) is 14.9 Å². The average Bonchev–Trinajstić information content (AvgIpc) is 3.35. The number of nitriles is 1. The third kappa shape index (κ3) is 5.02. The molecule has 1 heterocycles. The molecule has 166 valence electrons. The maximum atomic E-state index is 13.0. The summed E-state index contributed by atoms with van der Waals surface area (Å²) in [7, 11) is 0. The number of anilines is 1. The first kappa shape index (κ1) is 22.9. The molecule has 0 atom stereocenters. The van der Waals surface area contributed by atoms with Gasteiger partial charge in [-0.05, 0) is 30.3 Å². The highest BCUT2D eigenvalue weighted by atomic mass is 35.5. The number of nitro benzene ring substituents is 1. The average molecular weight is 487 g/mol. The Kier molecular flexibility index (Phi) is 6.78. The summed E-state index contributed by atoms with van der Waals surface area (Å²) in [6.45, 7) is 0. The number of hydrogen-bond donors (Lipinski definition) is 1. The molecule has 0 fully saturated rings. The molecule has 0 aliphatic carbocycles. The fourth-order valence-corrected chi connectivity index (χ4v) is 4.12. The molecule has 4 rings (SSSR count). The molecule has 0 unspecified atom stereocenters. The fraction of sp³-hybridized carbons (Fsp3) is 0. The first-order valence-electron chi connectivity index (χ1n) is 9.93. The van der Waals surface area contributed by atoms with Gasteiger partial charge in [0.1, 0.15) is 16.6 Å². The molecule has 34 heavy (non-hydrogen) atoms. The molecule has 9 heteroatoms. The minimum absolute atomic E-state index is 0.00942. The van der Waals surface area contributed by atoms with E-state index in [1.54, 1.807) is 60.0 Å². The van der Waals surface area contributed by atoms with E-state index < -0.39 is 4.92 Å². The number of aromatic nitrogens is 1. The highest BCUT2D eigenvalue weighted by Crippen LogP contribution is 2.28. The van der Waals surface area contributed by atoms with Crippen LogP contribution in [0.2, 0.25) is 5.02 Å². The monoisotopic (exact) mass is 486 g/mol. The molecule has 0 amide bonds. The molecule has 0 aliphatic rings. The van der Waals surface area contributed by atoms with Crippen molar-refractivity contribution in [2.24, 2.45) is 0 Å². The van der Waals surface area contributed by atoms with E-state index in [-0.39, 0.29) is 17.0 Å². The lowest BCUT2D eigenvalue weighted by Crippen LogP contribution is -2.05. The third-order valence-electron chi connectivity index (χ3n) is 4.86. The van der Waals surface area contributed by atoms with E-state index >= 15 is 0 Å². The normalized spacial score (nSPS) is 11.0. The minimum Gasteiger partial charge on any atom is -0.360 e. The molecule has 0 saturated carbocycles. The Hall–Kier alpha value is -4.32. The van der Waals surface area contributed by atoms with E-state index in [1.165, 1.54) is 29.7 Å². The summed E-state index contributed by atoms with van der Waals surface area (Å²) in [5.74, 6) is -0.202. The number of nitro groups is 1. The Labute approximate surface area is 203 Å². The van der Waals surface area contributed by atoms with Gasteiger partial charge >= 0.3 is 0 Å². The van der Waals surface area contributed by atoms with Crippen LogP contribution in [0.5, 0.6) is 0 Å². The molecule has 3 aromatic carbocycles. The number of benzene rings is 3. The van der Waals surface area contributed by atoms with Crippen molar-refractivity contribution in [2.75, 3.05) is 5.32 Å². The molecule has 0 saturated heterocycles. The Morgan fingerprint density at radius 2 is 1.85 bits per heavy atom. The molecule has 0 aliphatic heterocycles. The van der Waals surface area contributed by atoms with Crippen molar-refractivity contribution in [3.05, 3.63) is 116 Å². The van der Waals surface area contributed by atoms with Crippen LogP contribution in [0.1, 0.15) is 20.9 Å². The topological polar surface area (TPSA) is 109 Å². The predicted octanol–water partition coefficient (Wildman–Crippen LogP) is 6.58. The van der Waals surface area contributed by atoms with Crippen molar-refractivity contribution >= 4 is 45.7 Å². The zero-order valence-corrected chi connectivity index (χ0v) is 19.0. The van der Waals surface area contributed by atoms with E-state index in [2.05, 4.69) is 16.4 Å². The zero-order valence-electron chi connectivity index (χ0n) is 17.4. The minimum atomic E-state index is -0.466. The third-order valence-corrected chi connectivity index (χ3v) is 5.97. The van der Waals surface area contributed by atoms with Crippen molar-refractivity contribution in [2.45, 2.75) is 0 Å². The van der Waals surface area contributed by atoms with Crippen LogP contribution in [0.25, 0.3) is 16.8 Å². The highest BCUT2D eigenvalue weighted by Gasteiger charge is 2.15. The van der Waals surface area contributed by atoms with Crippen LogP contribution in [-0.2, 0) is 0 Å². The smallest absolute Gasteiger partial charge is 0.269 e. The van der Waals surface area contributed by atoms with Crippen LogP contribution in [0.3, 0.4) is 0 Å². The Bertz CT molecular complexity index is 1440. The molecule has 1 N–H and O–H groups in total. The summed E-state index contributed by atoms with van der Waals surface area (Å²) >= 11 is 7.40. The molecule has 0 bridgehead atoms. The van der Waals surface area contributed by atoms with Gasteiger partial charge in [-0.2, -0.15) is 5.26 Å². The molecule has 0 spiro atoms. The Morgan fingerprint density at radius 3 is 2.53 bits per heavy atom. The Balaban J connectivity index is 1.60. The van der Waals surface area contributed by atoms with Gasteiger partial charge in [0.2, 0.25) is 0 Å². The van der Waals surface area contributed by atoms with Crippen molar-refractivity contribution in [1.29, 1.82) is 5.26 Å². The van der Waals surface area contributed by atoms with Crippen molar-refractivity contribution in [1.82, 2.24) is 4.98 Å². The predicted molar refractivity (Wildman–Crippen MR) is 133 cm³/mol. The number of rotatable bonds is 7. The van der Waals surface area contributed by atoms with Crippen LogP contribution in [0, 0.1) is 21.4 Å². The second-order valence-electron chi connectivity index (χ2n) is 7.04. The highest BCUT2D eigenvalue weighted by molar-refractivity contribution is 7.11. The van der Waals surface area contributed by atoms with Gasteiger partial charge < -0.3 is 5.32 Å². The lowest BCUT2D eigenvalue weighted by molar-refractivity contribution is -0.384. The van der Waals surface area contributed by atoms with Gasteiger partial charge in [0, 0.05) is 51.1 Å². The summed E-state index contributed by atoms with van der Waals surface area (Å²) in [6, 6.07) is 21.9. The summed E-state index contributed by atoms with van der Waals surface area (Å²) in [5, 5.41) is 26.2. The Morgan fingerprint density at radius 1 is 1.12 bits per heavy atom. The summed E-state index contributed by atoms with van der Waals surface area (Å²) in [6.07, 6.45) is 1.49. The quantitative estimate of drug-likeness (QED) is 0.137. The second-order valence-corrected chi connectivity index (χ2v) is 8.34. The van der Waals surface area contributed by atoms with Crippen LogP contribution >= 0.6 is 22.9 Å². The molecule has 0 radical (unpaired) electrons. The van der Waals surface area contributed by atoms with Gasteiger partial charge in [0.15, 0.2) is 5.78 Å². The number of carbonyl (C=O) groups excluding carboxylic acids is 1. The number of nitrogens with one attached hydrogen (secondary N) is 1. The first-order valence-corrected chi connectivity index (χ1v) is 11.2. The van der Waals surface area contributed by atoms with E-state index in [0.717, 1.165) is 0 Å². The van der Waals surface area contributed by atoms with Crippen molar-refractivity contribution in [3.8, 4) is 17.3 Å². The number of halogens is 1. The van der Waals surface area contributed by atoms with E-state index in [9.17, 15) is 20.2 Å². The zero-order chi connectivity index (χ0) is 24.1. The van der Waals surface area contributed by atoms with E-state index in [1.807, 2.05) is 6.07 Å². The van der Waals surface area contributed by atoms with E-state index in [0.29, 0.717) is 38.1 Å². The standard InChI is InChI=1S/C25H15ClN4O3S/c26-19-8-11-22(21(12-19)24(31)17-4-2-1-3-5-17)28-14-18(13-27)25-29-23(15-34-25)16-6-9-20(10-7-16)30(32)33/h1-12,14-15,28H/b18-14+. The van der Waals surface area contributed by atoms with Gasteiger partial charge in [0.05, 0.1) is 10.6 Å². The van der Waals surface area contributed by atoms with Crippen LogP contribution < -0.4 is 5.32 Å². The summed E-state index contributed by atoms with van der Waals surface area (Å²) in [5.41, 5.74) is 2.95. The summed E-state index contributed by atoms with van der Waals surface area (Å²) in [4.78, 5) is 27.9. The fourth-order valence-electron chi connectivity index (χ4n) is 3.15.